The van der Waals surface area contributed by atoms with Gasteiger partial charge in [0.25, 0.3) is 0 Å². The minimum Gasteiger partial charge on any atom is -0.312 e. The molecule has 0 saturated carbocycles. The molecule has 5 heteroatoms. The van der Waals surface area contributed by atoms with Crippen molar-refractivity contribution in [2.24, 2.45) is 0 Å². The Morgan fingerprint density at radius 1 is 1.04 bits per heavy atom. The van der Waals surface area contributed by atoms with Crippen molar-refractivity contribution in [3.8, 4) is 11.1 Å². The summed E-state index contributed by atoms with van der Waals surface area (Å²) in [5.74, 6) is 0. The maximum atomic E-state index is 6.47. The van der Waals surface area contributed by atoms with Crippen LogP contribution in [0.25, 0.3) is 22.0 Å². The zero-order valence-corrected chi connectivity index (χ0v) is 14.6. The van der Waals surface area contributed by atoms with Crippen molar-refractivity contribution < 1.29 is 0 Å². The fourth-order valence-corrected chi connectivity index (χ4v) is 3.52. The summed E-state index contributed by atoms with van der Waals surface area (Å²) in [5, 5.41) is 5.96. The van der Waals surface area contributed by atoms with Crippen molar-refractivity contribution in [3.05, 3.63) is 63.8 Å². The third kappa shape index (κ3) is 2.92. The van der Waals surface area contributed by atoms with Gasteiger partial charge in [0, 0.05) is 46.2 Å². The van der Waals surface area contributed by atoms with Gasteiger partial charge >= 0.3 is 0 Å². The van der Waals surface area contributed by atoms with Gasteiger partial charge in [0.15, 0.2) is 0 Å². The van der Waals surface area contributed by atoms with Gasteiger partial charge in [-0.15, -0.1) is 12.4 Å². The highest BCUT2D eigenvalue weighted by Gasteiger charge is 2.20. The first-order chi connectivity index (χ1) is 10.7. The highest BCUT2D eigenvalue weighted by molar-refractivity contribution is 6.34. The number of pyridine rings is 1. The Bertz CT molecular complexity index is 878. The molecule has 118 valence electrons. The molecule has 0 spiro atoms. The molecule has 1 aliphatic rings. The van der Waals surface area contributed by atoms with E-state index >= 15 is 0 Å². The van der Waals surface area contributed by atoms with Crippen molar-refractivity contribution in [1.82, 2.24) is 10.3 Å². The second-order valence-corrected chi connectivity index (χ2v) is 6.32. The van der Waals surface area contributed by atoms with E-state index in [9.17, 15) is 0 Å². The Labute approximate surface area is 151 Å². The van der Waals surface area contributed by atoms with Crippen LogP contribution >= 0.6 is 35.6 Å². The highest BCUT2D eigenvalue weighted by Crippen LogP contribution is 2.38. The number of rotatable bonds is 1. The standard InChI is InChI=1S/C18H14Cl2N2.ClH/c19-11-5-6-16-13(9-11)18(12-3-1-2-4-15(12)20)14-10-21-8-7-17(14)22-16;/h1-6,9,21H,7-8,10H2;1H. The predicted octanol–water partition coefficient (Wildman–Crippen LogP) is 5.28. The minimum absolute atomic E-state index is 0. The molecular formula is C18H15Cl3N2. The quantitative estimate of drug-likeness (QED) is 0.635. The Morgan fingerprint density at radius 3 is 2.70 bits per heavy atom. The fourth-order valence-electron chi connectivity index (χ4n) is 3.11. The molecule has 0 aliphatic carbocycles. The first kappa shape index (κ1) is 16.5. The molecule has 23 heavy (non-hydrogen) atoms. The summed E-state index contributed by atoms with van der Waals surface area (Å²) in [4.78, 5) is 4.83. The number of aromatic nitrogens is 1. The summed E-state index contributed by atoms with van der Waals surface area (Å²) < 4.78 is 0. The lowest BCUT2D eigenvalue weighted by Crippen LogP contribution is -2.25. The normalized spacial score (nSPS) is 13.5. The van der Waals surface area contributed by atoms with Crippen molar-refractivity contribution in [3.63, 3.8) is 0 Å². The van der Waals surface area contributed by atoms with Gasteiger partial charge in [-0.1, -0.05) is 41.4 Å². The first-order valence-electron chi connectivity index (χ1n) is 7.30. The lowest BCUT2D eigenvalue weighted by molar-refractivity contribution is 0.634. The van der Waals surface area contributed by atoms with Crippen molar-refractivity contribution in [1.29, 1.82) is 0 Å². The van der Waals surface area contributed by atoms with Gasteiger partial charge in [0.1, 0.15) is 0 Å². The molecule has 1 aliphatic heterocycles. The highest BCUT2D eigenvalue weighted by atomic mass is 35.5. The van der Waals surface area contributed by atoms with Gasteiger partial charge in [0.05, 0.1) is 5.52 Å². The smallest absolute Gasteiger partial charge is 0.0712 e. The summed E-state index contributed by atoms with van der Waals surface area (Å²) in [7, 11) is 0. The van der Waals surface area contributed by atoms with E-state index in [2.05, 4.69) is 11.4 Å². The zero-order chi connectivity index (χ0) is 15.1. The minimum atomic E-state index is 0. The van der Waals surface area contributed by atoms with Crippen molar-refractivity contribution in [2.45, 2.75) is 13.0 Å². The largest absolute Gasteiger partial charge is 0.312 e. The molecule has 2 heterocycles. The number of hydrogen-bond acceptors (Lipinski definition) is 2. The molecule has 0 bridgehead atoms. The van der Waals surface area contributed by atoms with Gasteiger partial charge in [-0.3, -0.25) is 4.98 Å². The summed E-state index contributed by atoms with van der Waals surface area (Å²) in [6, 6.07) is 13.8. The Hall–Kier alpha value is -1.32. The molecular weight excluding hydrogens is 351 g/mol. The van der Waals surface area contributed by atoms with Crippen molar-refractivity contribution >= 4 is 46.5 Å². The van der Waals surface area contributed by atoms with Crippen LogP contribution in [-0.2, 0) is 13.0 Å². The first-order valence-corrected chi connectivity index (χ1v) is 8.06. The molecule has 0 fully saturated rings. The molecule has 0 radical (unpaired) electrons. The van der Waals surface area contributed by atoms with E-state index in [0.717, 1.165) is 52.3 Å². The molecule has 2 aromatic carbocycles. The molecule has 3 aromatic rings. The second kappa shape index (κ2) is 6.66. The second-order valence-electron chi connectivity index (χ2n) is 5.48. The van der Waals surface area contributed by atoms with Crippen LogP contribution in [0.3, 0.4) is 0 Å². The lowest BCUT2D eigenvalue weighted by Gasteiger charge is -2.22. The van der Waals surface area contributed by atoms with Crippen LogP contribution in [0.15, 0.2) is 42.5 Å². The molecule has 0 saturated heterocycles. The average molecular weight is 366 g/mol. The maximum absolute atomic E-state index is 6.47. The number of hydrogen-bond donors (Lipinski definition) is 1. The number of fused-ring (bicyclic) bond motifs is 2. The van der Waals surface area contributed by atoms with Crippen LogP contribution in [0.4, 0.5) is 0 Å². The molecule has 0 amide bonds. The van der Waals surface area contributed by atoms with E-state index < -0.39 is 0 Å². The third-order valence-corrected chi connectivity index (χ3v) is 4.68. The zero-order valence-electron chi connectivity index (χ0n) is 12.3. The SMILES string of the molecule is Cl.Clc1ccc2nc3c(c(-c4ccccc4Cl)c2c1)CNCC3. The van der Waals surface area contributed by atoms with E-state index in [0.29, 0.717) is 5.02 Å². The monoisotopic (exact) mass is 364 g/mol. The van der Waals surface area contributed by atoms with E-state index in [1.165, 1.54) is 5.56 Å². The molecule has 0 unspecified atom stereocenters. The van der Waals surface area contributed by atoms with Gasteiger partial charge in [0.2, 0.25) is 0 Å². The molecule has 2 nitrogen and oxygen atoms in total. The summed E-state index contributed by atoms with van der Waals surface area (Å²) >= 11 is 12.7. The van der Waals surface area contributed by atoms with E-state index in [4.69, 9.17) is 28.2 Å². The number of benzene rings is 2. The maximum Gasteiger partial charge on any atom is 0.0712 e. The van der Waals surface area contributed by atoms with E-state index in [1.807, 2.05) is 36.4 Å². The van der Waals surface area contributed by atoms with Gasteiger partial charge in [-0.25, -0.2) is 0 Å². The fraction of sp³-hybridized carbons (Fsp3) is 0.167. The number of nitrogens with one attached hydrogen (secondary N) is 1. The molecule has 0 atom stereocenters. The lowest BCUT2D eigenvalue weighted by atomic mass is 9.92. The van der Waals surface area contributed by atoms with Crippen LogP contribution in [0, 0.1) is 0 Å². The van der Waals surface area contributed by atoms with Gasteiger partial charge < -0.3 is 5.32 Å². The summed E-state index contributed by atoms with van der Waals surface area (Å²) in [5.41, 5.74) is 5.55. The van der Waals surface area contributed by atoms with Gasteiger partial charge in [-0.05, 0) is 35.4 Å². The van der Waals surface area contributed by atoms with Crippen LogP contribution < -0.4 is 5.32 Å². The Kier molecular flexibility index (Phi) is 4.79. The van der Waals surface area contributed by atoms with Crippen LogP contribution in [-0.4, -0.2) is 11.5 Å². The Balaban J connectivity index is 0.00000156. The average Bonchev–Trinajstić information content (AvgIpc) is 2.54. The van der Waals surface area contributed by atoms with Crippen molar-refractivity contribution in [2.75, 3.05) is 6.54 Å². The predicted molar refractivity (Wildman–Crippen MR) is 99.9 cm³/mol. The topological polar surface area (TPSA) is 24.9 Å². The molecule has 1 N–H and O–H groups in total. The van der Waals surface area contributed by atoms with E-state index in [-0.39, 0.29) is 12.4 Å². The summed E-state index contributed by atoms with van der Waals surface area (Å²) in [6.07, 6.45) is 0.936. The van der Waals surface area contributed by atoms with Crippen LogP contribution in [0.1, 0.15) is 11.3 Å². The van der Waals surface area contributed by atoms with Crippen LogP contribution in [0.5, 0.6) is 0 Å². The number of halogens is 3. The summed E-state index contributed by atoms with van der Waals surface area (Å²) in [6.45, 7) is 1.77. The number of nitrogens with zero attached hydrogens (tertiary/aromatic N) is 1. The van der Waals surface area contributed by atoms with Crippen LogP contribution in [0.2, 0.25) is 10.0 Å². The van der Waals surface area contributed by atoms with Gasteiger partial charge in [-0.2, -0.15) is 0 Å². The molecule has 1 aromatic heterocycles. The van der Waals surface area contributed by atoms with E-state index in [1.54, 1.807) is 0 Å². The molecule has 4 rings (SSSR count). The third-order valence-electron chi connectivity index (χ3n) is 4.12. The Morgan fingerprint density at radius 2 is 1.87 bits per heavy atom.